The zero-order valence-electron chi connectivity index (χ0n) is 14.4. The van der Waals surface area contributed by atoms with E-state index in [9.17, 15) is 4.79 Å². The minimum absolute atomic E-state index is 0.195. The molecule has 3 rings (SSSR count). The lowest BCUT2D eigenvalue weighted by Crippen LogP contribution is -2.32. The fraction of sp³-hybridized carbons (Fsp3) is 0.190. The molecule has 0 aliphatic rings. The van der Waals surface area contributed by atoms with Crippen molar-refractivity contribution in [2.75, 3.05) is 12.4 Å². The Kier molecular flexibility index (Phi) is 5.19. The van der Waals surface area contributed by atoms with Crippen molar-refractivity contribution in [3.8, 4) is 11.5 Å². The lowest BCUT2D eigenvalue weighted by molar-refractivity contribution is -0.122. The lowest BCUT2D eigenvalue weighted by atomic mass is 10.1. The van der Waals surface area contributed by atoms with E-state index in [0.717, 1.165) is 10.8 Å². The molecule has 0 bridgehead atoms. The van der Waals surface area contributed by atoms with E-state index in [1.54, 1.807) is 13.2 Å². The topological polar surface area (TPSA) is 47.6 Å². The van der Waals surface area contributed by atoms with Crippen LogP contribution in [0.1, 0.15) is 13.3 Å². The molecule has 0 fully saturated rings. The molecule has 0 spiro atoms. The molecule has 4 heteroatoms. The van der Waals surface area contributed by atoms with Gasteiger partial charge >= 0.3 is 0 Å². The number of rotatable bonds is 6. The highest BCUT2D eigenvalue weighted by molar-refractivity contribution is 5.96. The molecule has 128 valence electrons. The van der Waals surface area contributed by atoms with Gasteiger partial charge in [-0.05, 0) is 30.0 Å². The Hall–Kier alpha value is -3.01. The molecule has 3 aromatic carbocycles. The molecule has 0 unspecified atom stereocenters. The first-order valence-corrected chi connectivity index (χ1v) is 8.31. The van der Waals surface area contributed by atoms with Gasteiger partial charge in [0.1, 0.15) is 11.5 Å². The van der Waals surface area contributed by atoms with E-state index in [-0.39, 0.29) is 5.91 Å². The quantitative estimate of drug-likeness (QED) is 0.713. The summed E-state index contributed by atoms with van der Waals surface area (Å²) in [6, 6.07) is 21.1. The largest absolute Gasteiger partial charge is 0.495 e. The number of nitrogens with one attached hydrogen (secondary N) is 1. The number of ether oxygens (including phenoxy) is 2. The van der Waals surface area contributed by atoms with Gasteiger partial charge in [-0.3, -0.25) is 4.79 Å². The van der Waals surface area contributed by atoms with Gasteiger partial charge in [0.05, 0.1) is 12.8 Å². The SMILES string of the molecule is CC[C@H](Oc1cccc2ccccc12)C(=O)Nc1ccccc1OC. The van der Waals surface area contributed by atoms with E-state index in [1.807, 2.05) is 67.6 Å². The highest BCUT2D eigenvalue weighted by atomic mass is 16.5. The van der Waals surface area contributed by atoms with Crippen molar-refractivity contribution in [2.45, 2.75) is 19.4 Å². The first-order valence-electron chi connectivity index (χ1n) is 8.31. The van der Waals surface area contributed by atoms with Crippen LogP contribution in [0.25, 0.3) is 10.8 Å². The molecule has 4 nitrogen and oxygen atoms in total. The van der Waals surface area contributed by atoms with Gasteiger partial charge < -0.3 is 14.8 Å². The van der Waals surface area contributed by atoms with E-state index >= 15 is 0 Å². The van der Waals surface area contributed by atoms with Crippen LogP contribution in [0.2, 0.25) is 0 Å². The van der Waals surface area contributed by atoms with Crippen LogP contribution < -0.4 is 14.8 Å². The zero-order chi connectivity index (χ0) is 17.6. The Labute approximate surface area is 147 Å². The number of methoxy groups -OCH3 is 1. The first-order chi connectivity index (χ1) is 12.2. The average molecular weight is 335 g/mol. The van der Waals surface area contributed by atoms with E-state index in [0.29, 0.717) is 23.6 Å². The van der Waals surface area contributed by atoms with Gasteiger partial charge in [-0.2, -0.15) is 0 Å². The maximum absolute atomic E-state index is 12.7. The van der Waals surface area contributed by atoms with Crippen LogP contribution in [0.5, 0.6) is 11.5 Å². The maximum atomic E-state index is 12.7. The molecule has 0 aliphatic heterocycles. The Morgan fingerprint density at radius 1 is 0.960 bits per heavy atom. The summed E-state index contributed by atoms with van der Waals surface area (Å²) in [5.74, 6) is 1.14. The minimum Gasteiger partial charge on any atom is -0.495 e. The molecule has 0 saturated heterocycles. The number of carbonyl (C=O) groups excluding carboxylic acids is 1. The number of anilines is 1. The van der Waals surface area contributed by atoms with Crippen molar-refractivity contribution in [3.63, 3.8) is 0 Å². The van der Waals surface area contributed by atoms with Crippen molar-refractivity contribution >= 4 is 22.4 Å². The van der Waals surface area contributed by atoms with Crippen LogP contribution in [0.4, 0.5) is 5.69 Å². The third kappa shape index (κ3) is 3.74. The van der Waals surface area contributed by atoms with E-state index in [4.69, 9.17) is 9.47 Å². The first kappa shape index (κ1) is 16.8. The van der Waals surface area contributed by atoms with E-state index in [2.05, 4.69) is 5.32 Å². The number of carbonyl (C=O) groups is 1. The van der Waals surface area contributed by atoms with Gasteiger partial charge in [0.25, 0.3) is 5.91 Å². The zero-order valence-corrected chi connectivity index (χ0v) is 14.4. The van der Waals surface area contributed by atoms with Crippen LogP contribution >= 0.6 is 0 Å². The number of fused-ring (bicyclic) bond motifs is 1. The predicted octanol–water partition coefficient (Wildman–Crippen LogP) is 4.64. The summed E-state index contributed by atoms with van der Waals surface area (Å²) in [6.45, 7) is 1.93. The summed E-state index contributed by atoms with van der Waals surface area (Å²) in [7, 11) is 1.58. The molecule has 25 heavy (non-hydrogen) atoms. The van der Waals surface area contributed by atoms with Crippen LogP contribution in [-0.2, 0) is 4.79 Å². The third-order valence-corrected chi connectivity index (χ3v) is 4.05. The van der Waals surface area contributed by atoms with Crippen LogP contribution in [0.3, 0.4) is 0 Å². The van der Waals surface area contributed by atoms with Gasteiger partial charge in [-0.1, -0.05) is 55.5 Å². The molecule has 0 aromatic heterocycles. The van der Waals surface area contributed by atoms with Gasteiger partial charge in [0, 0.05) is 5.39 Å². The average Bonchev–Trinajstić information content (AvgIpc) is 2.66. The van der Waals surface area contributed by atoms with Crippen molar-refractivity contribution < 1.29 is 14.3 Å². The third-order valence-electron chi connectivity index (χ3n) is 4.05. The number of hydrogen-bond acceptors (Lipinski definition) is 3. The number of hydrogen-bond donors (Lipinski definition) is 1. The molecular weight excluding hydrogens is 314 g/mol. The highest BCUT2D eigenvalue weighted by Gasteiger charge is 2.20. The van der Waals surface area contributed by atoms with Gasteiger partial charge in [-0.15, -0.1) is 0 Å². The normalized spacial score (nSPS) is 11.8. The number of para-hydroxylation sites is 2. The Balaban J connectivity index is 1.81. The molecular formula is C21H21NO3. The molecule has 1 amide bonds. The monoisotopic (exact) mass is 335 g/mol. The van der Waals surface area contributed by atoms with Crippen molar-refractivity contribution in [3.05, 3.63) is 66.7 Å². The fourth-order valence-corrected chi connectivity index (χ4v) is 2.74. The Morgan fingerprint density at radius 2 is 1.64 bits per heavy atom. The van der Waals surface area contributed by atoms with Crippen molar-refractivity contribution in [1.82, 2.24) is 0 Å². The predicted molar refractivity (Wildman–Crippen MR) is 100 cm³/mol. The molecule has 0 saturated carbocycles. The van der Waals surface area contributed by atoms with Crippen LogP contribution in [0, 0.1) is 0 Å². The summed E-state index contributed by atoms with van der Waals surface area (Å²) in [4.78, 5) is 12.7. The van der Waals surface area contributed by atoms with Crippen molar-refractivity contribution in [2.24, 2.45) is 0 Å². The standard InChI is InChI=1S/C21H21NO3/c1-3-18(21(23)22-17-12-6-7-13-20(17)24-2)25-19-14-8-10-15-9-4-5-11-16(15)19/h4-14,18H,3H2,1-2H3,(H,22,23)/t18-/m0/s1. The summed E-state index contributed by atoms with van der Waals surface area (Å²) in [6.07, 6.45) is -0.0276. The van der Waals surface area contributed by atoms with Gasteiger partial charge in [-0.25, -0.2) is 0 Å². The molecule has 0 aliphatic carbocycles. The molecule has 3 aromatic rings. The Morgan fingerprint density at radius 3 is 2.44 bits per heavy atom. The van der Waals surface area contributed by atoms with E-state index < -0.39 is 6.10 Å². The van der Waals surface area contributed by atoms with Gasteiger partial charge in [0.2, 0.25) is 0 Å². The molecule has 0 heterocycles. The van der Waals surface area contributed by atoms with Gasteiger partial charge in [0.15, 0.2) is 6.10 Å². The number of amides is 1. The second-order valence-electron chi connectivity index (χ2n) is 5.68. The Bertz CT molecular complexity index is 870. The molecule has 0 radical (unpaired) electrons. The van der Waals surface area contributed by atoms with Crippen LogP contribution in [0.15, 0.2) is 66.7 Å². The fourth-order valence-electron chi connectivity index (χ4n) is 2.74. The summed E-state index contributed by atoms with van der Waals surface area (Å²) in [5, 5.41) is 4.97. The maximum Gasteiger partial charge on any atom is 0.265 e. The lowest BCUT2D eigenvalue weighted by Gasteiger charge is -2.19. The van der Waals surface area contributed by atoms with Crippen LogP contribution in [-0.4, -0.2) is 19.1 Å². The molecule has 1 atom stereocenters. The smallest absolute Gasteiger partial charge is 0.265 e. The molecule has 1 N–H and O–H groups in total. The highest BCUT2D eigenvalue weighted by Crippen LogP contribution is 2.28. The second-order valence-corrected chi connectivity index (χ2v) is 5.68. The number of benzene rings is 3. The van der Waals surface area contributed by atoms with Crippen molar-refractivity contribution in [1.29, 1.82) is 0 Å². The second kappa shape index (κ2) is 7.71. The minimum atomic E-state index is -0.587. The van der Waals surface area contributed by atoms with E-state index in [1.165, 1.54) is 0 Å². The summed E-state index contributed by atoms with van der Waals surface area (Å²) in [5.41, 5.74) is 0.634. The summed E-state index contributed by atoms with van der Waals surface area (Å²) < 4.78 is 11.3. The summed E-state index contributed by atoms with van der Waals surface area (Å²) >= 11 is 0.